The van der Waals surface area contributed by atoms with Crippen LogP contribution >= 0.6 is 39.9 Å². The average molecular weight is 521 g/mol. The van der Waals surface area contributed by atoms with Gasteiger partial charge in [0.05, 0.1) is 12.2 Å². The number of aryl methyl sites for hydroxylation is 2. The number of aromatic nitrogens is 1. The lowest BCUT2D eigenvalue weighted by Crippen LogP contribution is -2.43. The van der Waals surface area contributed by atoms with E-state index in [4.69, 9.17) is 4.42 Å². The van der Waals surface area contributed by atoms with Crippen LogP contribution in [0.3, 0.4) is 0 Å². The van der Waals surface area contributed by atoms with E-state index in [2.05, 4.69) is 74.7 Å². The van der Waals surface area contributed by atoms with Crippen LogP contribution in [0.1, 0.15) is 36.8 Å². The van der Waals surface area contributed by atoms with Crippen molar-refractivity contribution in [3.8, 4) is 0 Å². The first kappa shape index (κ1) is 22.0. The summed E-state index contributed by atoms with van der Waals surface area (Å²) in [6.45, 7) is 9.54. The van der Waals surface area contributed by atoms with E-state index in [0.717, 1.165) is 28.4 Å². The first-order valence-corrected chi connectivity index (χ1v) is 8.74. The van der Waals surface area contributed by atoms with Crippen LogP contribution in [0.25, 0.3) is 0 Å². The normalized spacial score (nSPS) is 11.8. The minimum absolute atomic E-state index is 0. The Morgan fingerprint density at radius 1 is 1.20 bits per heavy atom. The van der Waals surface area contributed by atoms with Crippen LogP contribution in [-0.2, 0) is 12.0 Å². The molecule has 0 unspecified atom stereocenters. The summed E-state index contributed by atoms with van der Waals surface area (Å²) in [5.41, 5.74) is 2.17. The molecule has 1 aromatic carbocycles. The second-order valence-electron chi connectivity index (χ2n) is 6.42. The molecule has 0 atom stereocenters. The maximum absolute atomic E-state index is 5.57. The van der Waals surface area contributed by atoms with Gasteiger partial charge in [-0.1, -0.05) is 41.9 Å². The summed E-state index contributed by atoms with van der Waals surface area (Å²) in [6, 6.07) is 8.41. The minimum Gasteiger partial charge on any atom is -0.444 e. The van der Waals surface area contributed by atoms with Crippen molar-refractivity contribution in [1.82, 2.24) is 15.6 Å². The second kappa shape index (κ2) is 9.56. The fourth-order valence-corrected chi connectivity index (χ4v) is 2.57. The van der Waals surface area contributed by atoms with Crippen molar-refractivity contribution in [1.29, 1.82) is 0 Å². The summed E-state index contributed by atoms with van der Waals surface area (Å²) in [5, 5.41) is 6.61. The van der Waals surface area contributed by atoms with E-state index in [0.29, 0.717) is 12.4 Å². The van der Waals surface area contributed by atoms with Crippen LogP contribution in [0.15, 0.2) is 38.1 Å². The van der Waals surface area contributed by atoms with Crippen molar-refractivity contribution in [3.63, 3.8) is 0 Å². The maximum atomic E-state index is 5.57. The van der Waals surface area contributed by atoms with Gasteiger partial charge in [-0.3, -0.25) is 4.99 Å². The van der Waals surface area contributed by atoms with Crippen molar-refractivity contribution in [2.75, 3.05) is 13.6 Å². The Labute approximate surface area is 175 Å². The standard InChI is InChI=1S/C18H25BrN4O.HI/c1-12-13(2)24-16(23-12)10-21-17(20-5)22-11-18(3,4)14-6-8-15(19)9-7-14;/h6-9H,10-11H2,1-5H3,(H2,20,21,22);1H. The van der Waals surface area contributed by atoms with Crippen LogP contribution in [0, 0.1) is 13.8 Å². The smallest absolute Gasteiger partial charge is 0.214 e. The Morgan fingerprint density at radius 2 is 1.84 bits per heavy atom. The molecule has 0 amide bonds. The topological polar surface area (TPSA) is 62.5 Å². The third kappa shape index (κ3) is 6.29. The molecule has 0 spiro atoms. The molecule has 0 radical (unpaired) electrons. The second-order valence-corrected chi connectivity index (χ2v) is 7.33. The zero-order chi connectivity index (χ0) is 17.7. The van der Waals surface area contributed by atoms with Crippen molar-refractivity contribution in [2.24, 2.45) is 4.99 Å². The number of halogens is 2. The number of nitrogens with zero attached hydrogens (tertiary/aromatic N) is 2. The lowest BCUT2D eigenvalue weighted by molar-refractivity contribution is 0.461. The summed E-state index contributed by atoms with van der Waals surface area (Å²) in [7, 11) is 1.76. The van der Waals surface area contributed by atoms with Gasteiger partial charge in [-0.15, -0.1) is 24.0 Å². The zero-order valence-corrected chi connectivity index (χ0v) is 19.2. The molecule has 7 heteroatoms. The first-order valence-electron chi connectivity index (χ1n) is 7.95. The van der Waals surface area contributed by atoms with E-state index in [1.54, 1.807) is 7.05 Å². The largest absolute Gasteiger partial charge is 0.444 e. The Morgan fingerprint density at radius 3 is 2.36 bits per heavy atom. The number of benzene rings is 1. The molecule has 0 saturated heterocycles. The molecule has 0 bridgehead atoms. The van der Waals surface area contributed by atoms with Crippen LogP contribution < -0.4 is 10.6 Å². The third-order valence-electron chi connectivity index (χ3n) is 4.03. The van der Waals surface area contributed by atoms with Crippen LogP contribution in [0.2, 0.25) is 0 Å². The monoisotopic (exact) mass is 520 g/mol. The minimum atomic E-state index is -0.0194. The van der Waals surface area contributed by atoms with Gasteiger partial charge in [0.25, 0.3) is 0 Å². The van der Waals surface area contributed by atoms with Gasteiger partial charge < -0.3 is 15.1 Å². The number of guanidine groups is 1. The van der Waals surface area contributed by atoms with E-state index in [1.165, 1.54) is 5.56 Å². The highest BCUT2D eigenvalue weighted by molar-refractivity contribution is 14.0. The molecule has 0 aliphatic rings. The van der Waals surface area contributed by atoms with Crippen LogP contribution in [-0.4, -0.2) is 24.5 Å². The fraction of sp³-hybridized carbons (Fsp3) is 0.444. The zero-order valence-electron chi connectivity index (χ0n) is 15.3. The van der Waals surface area contributed by atoms with Gasteiger partial charge >= 0.3 is 0 Å². The molecule has 2 aromatic rings. The van der Waals surface area contributed by atoms with Crippen molar-refractivity contribution in [2.45, 2.75) is 39.7 Å². The quantitative estimate of drug-likeness (QED) is 0.350. The number of hydrogen-bond acceptors (Lipinski definition) is 3. The lowest BCUT2D eigenvalue weighted by Gasteiger charge is -2.26. The molecule has 2 N–H and O–H groups in total. The van der Waals surface area contributed by atoms with Gasteiger partial charge in [-0.25, -0.2) is 4.98 Å². The molecule has 1 heterocycles. The van der Waals surface area contributed by atoms with Crippen LogP contribution in [0.5, 0.6) is 0 Å². The molecule has 0 aliphatic carbocycles. The summed E-state index contributed by atoms with van der Waals surface area (Å²) in [6.07, 6.45) is 0. The summed E-state index contributed by atoms with van der Waals surface area (Å²) < 4.78 is 6.66. The van der Waals surface area contributed by atoms with Gasteiger partial charge in [-0.2, -0.15) is 0 Å². The fourth-order valence-electron chi connectivity index (χ4n) is 2.30. The molecular weight excluding hydrogens is 495 g/mol. The predicted molar refractivity (Wildman–Crippen MR) is 117 cm³/mol. The number of hydrogen-bond donors (Lipinski definition) is 2. The molecule has 25 heavy (non-hydrogen) atoms. The summed E-state index contributed by atoms with van der Waals surface area (Å²) in [4.78, 5) is 8.63. The summed E-state index contributed by atoms with van der Waals surface area (Å²) in [5.74, 6) is 2.25. The third-order valence-corrected chi connectivity index (χ3v) is 4.56. The molecule has 0 aliphatic heterocycles. The highest BCUT2D eigenvalue weighted by Crippen LogP contribution is 2.24. The Kier molecular flexibility index (Phi) is 8.40. The number of oxazole rings is 1. The lowest BCUT2D eigenvalue weighted by atomic mass is 9.85. The Bertz CT molecular complexity index is 691. The predicted octanol–water partition coefficient (Wildman–Crippen LogP) is 4.31. The highest BCUT2D eigenvalue weighted by atomic mass is 127. The van der Waals surface area contributed by atoms with Gasteiger partial charge in [0, 0.05) is 23.5 Å². The molecule has 0 fully saturated rings. The summed E-state index contributed by atoms with van der Waals surface area (Å²) >= 11 is 3.48. The van der Waals surface area contributed by atoms with E-state index >= 15 is 0 Å². The van der Waals surface area contributed by atoms with Gasteiger partial charge in [0.2, 0.25) is 5.89 Å². The molecule has 2 rings (SSSR count). The molecular formula is C18H26BrIN4O. The number of aliphatic imine (C=N–C) groups is 1. The first-order chi connectivity index (χ1) is 11.3. The highest BCUT2D eigenvalue weighted by Gasteiger charge is 2.21. The van der Waals surface area contributed by atoms with E-state index in [-0.39, 0.29) is 29.4 Å². The SMILES string of the molecule is CN=C(NCc1nc(C)c(C)o1)NCC(C)(C)c1ccc(Br)cc1.I. The van der Waals surface area contributed by atoms with Gasteiger partial charge in [0.1, 0.15) is 5.76 Å². The van der Waals surface area contributed by atoms with Crippen molar-refractivity contribution < 1.29 is 4.42 Å². The maximum Gasteiger partial charge on any atom is 0.214 e. The van der Waals surface area contributed by atoms with E-state index in [9.17, 15) is 0 Å². The van der Waals surface area contributed by atoms with Gasteiger partial charge in [-0.05, 0) is 31.5 Å². The average Bonchev–Trinajstić information content (AvgIpc) is 2.86. The number of nitrogens with one attached hydrogen (secondary N) is 2. The molecule has 138 valence electrons. The molecule has 0 saturated carbocycles. The number of rotatable bonds is 5. The van der Waals surface area contributed by atoms with Gasteiger partial charge in [0.15, 0.2) is 5.96 Å². The molecule has 1 aromatic heterocycles. The molecule has 5 nitrogen and oxygen atoms in total. The van der Waals surface area contributed by atoms with E-state index < -0.39 is 0 Å². The van der Waals surface area contributed by atoms with Crippen molar-refractivity contribution >= 4 is 45.9 Å². The van der Waals surface area contributed by atoms with Crippen molar-refractivity contribution in [3.05, 3.63) is 51.6 Å². The van der Waals surface area contributed by atoms with Crippen LogP contribution in [0.4, 0.5) is 0 Å². The Balaban J connectivity index is 0.00000312. The Hall–Kier alpha value is -1.09. The van der Waals surface area contributed by atoms with E-state index in [1.807, 2.05) is 13.8 Å².